The molecule has 1 heterocycles. The van der Waals surface area contributed by atoms with E-state index in [9.17, 15) is 13.2 Å². The SMILES string of the molecule is CCNC(COCC(F)(F)F)c1sccc1Br. The van der Waals surface area contributed by atoms with Gasteiger partial charge < -0.3 is 10.1 Å². The first-order chi connectivity index (χ1) is 7.94. The van der Waals surface area contributed by atoms with Crippen molar-refractivity contribution in [2.24, 2.45) is 0 Å². The maximum absolute atomic E-state index is 12.0. The van der Waals surface area contributed by atoms with Gasteiger partial charge in [-0.1, -0.05) is 6.92 Å². The van der Waals surface area contributed by atoms with Crippen LogP contribution in [-0.2, 0) is 4.74 Å². The average molecular weight is 332 g/mol. The Morgan fingerprint density at radius 2 is 2.24 bits per heavy atom. The number of hydrogen-bond acceptors (Lipinski definition) is 3. The molecule has 0 aliphatic rings. The van der Waals surface area contributed by atoms with Crippen molar-refractivity contribution in [1.29, 1.82) is 0 Å². The highest BCUT2D eigenvalue weighted by Crippen LogP contribution is 2.29. The second kappa shape index (κ2) is 6.72. The summed E-state index contributed by atoms with van der Waals surface area (Å²) in [6, 6.07) is 1.66. The number of alkyl halides is 3. The molecule has 0 amide bonds. The molecule has 0 spiro atoms. The minimum atomic E-state index is -4.27. The molecule has 0 saturated carbocycles. The van der Waals surface area contributed by atoms with Crippen molar-refractivity contribution in [1.82, 2.24) is 5.32 Å². The number of likely N-dealkylation sites (N-methyl/N-ethyl adjacent to an activating group) is 1. The topological polar surface area (TPSA) is 21.3 Å². The Kier molecular flexibility index (Phi) is 5.91. The quantitative estimate of drug-likeness (QED) is 0.857. The summed E-state index contributed by atoms with van der Waals surface area (Å²) in [4.78, 5) is 0.953. The first-order valence-electron chi connectivity index (χ1n) is 5.04. The monoisotopic (exact) mass is 331 g/mol. The highest BCUT2D eigenvalue weighted by atomic mass is 79.9. The van der Waals surface area contributed by atoms with Crippen LogP contribution >= 0.6 is 27.3 Å². The zero-order valence-corrected chi connectivity index (χ0v) is 11.6. The van der Waals surface area contributed by atoms with Crippen LogP contribution in [0, 0.1) is 0 Å². The predicted molar refractivity (Wildman–Crippen MR) is 65.3 cm³/mol. The zero-order valence-electron chi connectivity index (χ0n) is 9.18. The van der Waals surface area contributed by atoms with Crippen LogP contribution in [0.15, 0.2) is 15.9 Å². The normalized spacial score (nSPS) is 13.9. The third-order valence-corrected chi connectivity index (χ3v) is 3.95. The first-order valence-corrected chi connectivity index (χ1v) is 6.72. The Hall–Kier alpha value is -0.110. The van der Waals surface area contributed by atoms with E-state index in [0.29, 0.717) is 6.54 Å². The Bertz CT molecular complexity index is 343. The number of nitrogens with one attached hydrogen (secondary N) is 1. The molecule has 2 nitrogen and oxygen atoms in total. The number of rotatable bonds is 6. The van der Waals surface area contributed by atoms with Crippen LogP contribution < -0.4 is 5.32 Å². The fourth-order valence-electron chi connectivity index (χ4n) is 1.32. The largest absolute Gasteiger partial charge is 0.411 e. The van der Waals surface area contributed by atoms with Gasteiger partial charge in [-0.05, 0) is 33.9 Å². The highest BCUT2D eigenvalue weighted by Gasteiger charge is 2.28. The van der Waals surface area contributed by atoms with Gasteiger partial charge in [0.2, 0.25) is 0 Å². The summed E-state index contributed by atoms with van der Waals surface area (Å²) >= 11 is 4.85. The van der Waals surface area contributed by atoms with Crippen LogP contribution in [0.4, 0.5) is 13.2 Å². The second-order valence-electron chi connectivity index (χ2n) is 3.37. The van der Waals surface area contributed by atoms with Gasteiger partial charge in [0.05, 0.1) is 12.6 Å². The predicted octanol–water partition coefficient (Wildman–Crippen LogP) is 3.74. The van der Waals surface area contributed by atoms with Crippen LogP contribution in [0.2, 0.25) is 0 Å². The standard InChI is InChI=1S/C10H13BrF3NOS/c1-2-15-8(5-16-6-10(12,13)14)9-7(11)3-4-17-9/h3-4,8,15H,2,5-6H2,1H3. The van der Waals surface area contributed by atoms with E-state index >= 15 is 0 Å². The maximum atomic E-state index is 12.0. The van der Waals surface area contributed by atoms with Gasteiger partial charge in [-0.15, -0.1) is 11.3 Å². The lowest BCUT2D eigenvalue weighted by atomic mass is 10.2. The van der Waals surface area contributed by atoms with Crippen LogP contribution in [-0.4, -0.2) is 25.9 Å². The molecule has 1 N–H and O–H groups in total. The molecule has 1 rings (SSSR count). The van der Waals surface area contributed by atoms with E-state index in [-0.39, 0.29) is 12.6 Å². The summed E-state index contributed by atoms with van der Waals surface area (Å²) < 4.78 is 41.5. The van der Waals surface area contributed by atoms with Gasteiger partial charge >= 0.3 is 6.18 Å². The number of hydrogen-bond donors (Lipinski definition) is 1. The van der Waals surface area contributed by atoms with E-state index in [4.69, 9.17) is 0 Å². The van der Waals surface area contributed by atoms with Crippen LogP contribution in [0.1, 0.15) is 17.8 Å². The lowest BCUT2D eigenvalue weighted by Crippen LogP contribution is -2.27. The van der Waals surface area contributed by atoms with E-state index in [1.54, 1.807) is 0 Å². The molecule has 1 aromatic heterocycles. The Morgan fingerprint density at radius 1 is 1.53 bits per heavy atom. The first kappa shape index (κ1) is 14.9. The fraction of sp³-hybridized carbons (Fsp3) is 0.600. The summed E-state index contributed by atoms with van der Waals surface area (Å²) in [7, 11) is 0. The molecule has 0 bridgehead atoms. The van der Waals surface area contributed by atoms with Crippen LogP contribution in [0.25, 0.3) is 0 Å². The smallest absolute Gasteiger partial charge is 0.370 e. The van der Waals surface area contributed by atoms with E-state index in [2.05, 4.69) is 26.0 Å². The van der Waals surface area contributed by atoms with Crippen molar-refractivity contribution in [3.05, 3.63) is 20.8 Å². The van der Waals surface area contributed by atoms with Gasteiger partial charge in [0.15, 0.2) is 0 Å². The minimum Gasteiger partial charge on any atom is -0.370 e. The molecule has 0 fully saturated rings. The van der Waals surface area contributed by atoms with Crippen molar-refractivity contribution in [3.8, 4) is 0 Å². The van der Waals surface area contributed by atoms with Crippen molar-refractivity contribution < 1.29 is 17.9 Å². The molecule has 0 radical (unpaired) electrons. The van der Waals surface area contributed by atoms with Crippen LogP contribution in [0.3, 0.4) is 0 Å². The van der Waals surface area contributed by atoms with Crippen molar-refractivity contribution in [3.63, 3.8) is 0 Å². The van der Waals surface area contributed by atoms with Gasteiger partial charge in [0.25, 0.3) is 0 Å². The molecular weight excluding hydrogens is 319 g/mol. The van der Waals surface area contributed by atoms with Crippen molar-refractivity contribution in [2.45, 2.75) is 19.1 Å². The lowest BCUT2D eigenvalue weighted by molar-refractivity contribution is -0.175. The van der Waals surface area contributed by atoms with Gasteiger partial charge in [0, 0.05) is 9.35 Å². The molecule has 0 aromatic carbocycles. The summed E-state index contributed by atoms with van der Waals surface area (Å²) in [6.45, 7) is 1.37. The molecule has 1 aromatic rings. The van der Waals surface area contributed by atoms with E-state index in [1.165, 1.54) is 11.3 Å². The molecule has 17 heavy (non-hydrogen) atoms. The zero-order chi connectivity index (χ0) is 12.9. The minimum absolute atomic E-state index is 0.00641. The van der Waals surface area contributed by atoms with E-state index in [1.807, 2.05) is 18.4 Å². The maximum Gasteiger partial charge on any atom is 0.411 e. The summed E-state index contributed by atoms with van der Waals surface area (Å²) in [6.07, 6.45) is -4.27. The van der Waals surface area contributed by atoms with Gasteiger partial charge in [-0.2, -0.15) is 13.2 Å². The third kappa shape index (κ3) is 5.37. The molecule has 0 aliphatic heterocycles. The number of halogens is 4. The molecule has 98 valence electrons. The summed E-state index contributed by atoms with van der Waals surface area (Å²) in [5.74, 6) is 0. The molecule has 0 aliphatic carbocycles. The molecule has 1 atom stereocenters. The number of thiophene rings is 1. The Morgan fingerprint density at radius 3 is 2.71 bits per heavy atom. The molecular formula is C10H13BrF3NOS. The average Bonchev–Trinajstić information content (AvgIpc) is 2.61. The number of ether oxygens (including phenoxy) is 1. The third-order valence-electron chi connectivity index (χ3n) is 1.96. The molecule has 0 saturated heterocycles. The van der Waals surface area contributed by atoms with Crippen molar-refractivity contribution in [2.75, 3.05) is 19.8 Å². The molecule has 1 unspecified atom stereocenters. The molecule has 7 heteroatoms. The summed E-state index contributed by atoms with van der Waals surface area (Å²) in [5, 5.41) is 4.98. The lowest BCUT2D eigenvalue weighted by Gasteiger charge is -2.18. The Labute approximate surface area is 110 Å². The highest BCUT2D eigenvalue weighted by molar-refractivity contribution is 9.10. The second-order valence-corrected chi connectivity index (χ2v) is 5.18. The van der Waals surface area contributed by atoms with Crippen LogP contribution in [0.5, 0.6) is 0 Å². The van der Waals surface area contributed by atoms with Crippen molar-refractivity contribution >= 4 is 27.3 Å². The van der Waals surface area contributed by atoms with Gasteiger partial charge in [-0.3, -0.25) is 0 Å². The van der Waals surface area contributed by atoms with E-state index < -0.39 is 12.8 Å². The summed E-state index contributed by atoms with van der Waals surface area (Å²) in [5.41, 5.74) is 0. The van der Waals surface area contributed by atoms with E-state index in [0.717, 1.165) is 9.35 Å². The van der Waals surface area contributed by atoms with Gasteiger partial charge in [0.1, 0.15) is 6.61 Å². The fourth-order valence-corrected chi connectivity index (χ4v) is 3.03. The van der Waals surface area contributed by atoms with Gasteiger partial charge in [-0.25, -0.2) is 0 Å². The Balaban J connectivity index is 2.53.